The first-order valence-corrected chi connectivity index (χ1v) is 13.0. The first kappa shape index (κ1) is 31.2. The maximum atomic E-state index is 13.4. The Morgan fingerprint density at radius 3 is 2.05 bits per heavy atom. The molecule has 0 saturated heterocycles. The highest BCUT2D eigenvalue weighted by molar-refractivity contribution is 5.95. The second-order valence-electron chi connectivity index (χ2n) is 10.0. The smallest absolute Gasteiger partial charge is 0.416 e. The Hall–Kier alpha value is -4.74. The molecule has 6 nitrogen and oxygen atoms in total. The van der Waals surface area contributed by atoms with Crippen LogP contribution in [0.3, 0.4) is 0 Å². The van der Waals surface area contributed by atoms with Crippen LogP contribution in [-0.4, -0.2) is 40.0 Å². The molecule has 0 aliphatic carbocycles. The highest BCUT2D eigenvalue weighted by Gasteiger charge is 2.38. The van der Waals surface area contributed by atoms with Crippen LogP contribution in [0.5, 0.6) is 11.5 Å². The number of amides is 2. The summed E-state index contributed by atoms with van der Waals surface area (Å²) in [5.41, 5.74) is -3.29. The second kappa shape index (κ2) is 12.2. The summed E-state index contributed by atoms with van der Waals surface area (Å²) in [6, 6.07) is 16.3. The van der Waals surface area contributed by atoms with Gasteiger partial charge >= 0.3 is 12.4 Å². The average Bonchev–Trinajstić information content (AvgIpc) is 2.94. The molecule has 0 aromatic heterocycles. The zero-order valence-corrected chi connectivity index (χ0v) is 22.6. The van der Waals surface area contributed by atoms with Gasteiger partial charge in [-0.3, -0.25) is 9.59 Å². The van der Waals surface area contributed by atoms with E-state index in [1.807, 2.05) is 36.4 Å². The number of hydrogen-bond acceptors (Lipinski definition) is 4. The molecule has 4 aromatic rings. The minimum Gasteiger partial charge on any atom is -0.508 e. The van der Waals surface area contributed by atoms with E-state index < -0.39 is 52.6 Å². The number of aromatic hydroxyl groups is 2. The Morgan fingerprint density at radius 1 is 0.814 bits per heavy atom. The SMILES string of the molecule is CN(C(=O)c1cc(C(F)(F)F)cc(C(F)(F)F)c1)C(CCC(=O)Nc1ccc(O)cc1O)Cc1ccc2ccccc2c1. The van der Waals surface area contributed by atoms with Crippen LogP contribution in [0.4, 0.5) is 32.0 Å². The normalized spacial score (nSPS) is 12.6. The van der Waals surface area contributed by atoms with Crippen LogP contribution in [0, 0.1) is 0 Å². The molecule has 0 spiro atoms. The summed E-state index contributed by atoms with van der Waals surface area (Å²) in [5.74, 6) is -2.28. The molecule has 0 heterocycles. The van der Waals surface area contributed by atoms with E-state index >= 15 is 0 Å². The van der Waals surface area contributed by atoms with Gasteiger partial charge < -0.3 is 20.4 Å². The van der Waals surface area contributed by atoms with Crippen LogP contribution >= 0.6 is 0 Å². The van der Waals surface area contributed by atoms with Crippen molar-refractivity contribution in [1.29, 1.82) is 0 Å². The molecule has 4 rings (SSSR count). The molecule has 3 N–H and O–H groups in total. The summed E-state index contributed by atoms with van der Waals surface area (Å²) in [6.07, 6.45) is -10.4. The summed E-state index contributed by atoms with van der Waals surface area (Å²) < 4.78 is 80.7. The summed E-state index contributed by atoms with van der Waals surface area (Å²) in [6.45, 7) is 0. The largest absolute Gasteiger partial charge is 0.508 e. The number of carbonyl (C=O) groups excluding carboxylic acids is 2. The predicted octanol–water partition coefficient (Wildman–Crippen LogP) is 7.39. The minimum absolute atomic E-state index is 0.0157. The first-order chi connectivity index (χ1) is 20.1. The van der Waals surface area contributed by atoms with Crippen LogP contribution in [0.15, 0.2) is 78.9 Å². The number of carbonyl (C=O) groups is 2. The third kappa shape index (κ3) is 7.76. The number of rotatable bonds is 8. The maximum Gasteiger partial charge on any atom is 0.416 e. The molecule has 226 valence electrons. The Bertz CT molecular complexity index is 1620. The van der Waals surface area contributed by atoms with Crippen molar-refractivity contribution >= 4 is 28.3 Å². The number of nitrogens with zero attached hydrogens (tertiary/aromatic N) is 1. The van der Waals surface area contributed by atoms with Gasteiger partial charge in [0.1, 0.15) is 11.5 Å². The van der Waals surface area contributed by atoms with Crippen molar-refractivity contribution in [2.45, 2.75) is 37.7 Å². The molecule has 0 radical (unpaired) electrons. The van der Waals surface area contributed by atoms with Gasteiger partial charge in [0.2, 0.25) is 5.91 Å². The molecule has 1 atom stereocenters. The lowest BCUT2D eigenvalue weighted by Gasteiger charge is -2.29. The van der Waals surface area contributed by atoms with Crippen LogP contribution in [0.2, 0.25) is 0 Å². The van der Waals surface area contributed by atoms with Crippen molar-refractivity contribution in [3.8, 4) is 11.5 Å². The van der Waals surface area contributed by atoms with Crippen molar-refractivity contribution in [1.82, 2.24) is 4.90 Å². The third-order valence-corrected chi connectivity index (χ3v) is 6.95. The number of fused-ring (bicyclic) bond motifs is 1. The lowest BCUT2D eigenvalue weighted by Crippen LogP contribution is -2.39. The number of hydrogen-bond donors (Lipinski definition) is 3. The number of likely N-dealkylation sites (N-methyl/N-ethyl adjacent to an activating group) is 1. The van der Waals surface area contributed by atoms with E-state index in [0.29, 0.717) is 12.1 Å². The zero-order valence-electron chi connectivity index (χ0n) is 22.6. The molecule has 1 unspecified atom stereocenters. The zero-order chi connectivity index (χ0) is 31.5. The van der Waals surface area contributed by atoms with Crippen LogP contribution < -0.4 is 5.32 Å². The molecule has 0 aliphatic heterocycles. The lowest BCUT2D eigenvalue weighted by molar-refractivity contribution is -0.143. The molecule has 2 amide bonds. The Morgan fingerprint density at radius 2 is 1.44 bits per heavy atom. The molecule has 0 fully saturated rings. The van der Waals surface area contributed by atoms with Gasteiger partial charge in [-0.2, -0.15) is 26.3 Å². The molecule has 12 heteroatoms. The van der Waals surface area contributed by atoms with E-state index in [1.165, 1.54) is 19.2 Å². The Balaban J connectivity index is 1.63. The first-order valence-electron chi connectivity index (χ1n) is 13.0. The van der Waals surface area contributed by atoms with Crippen molar-refractivity contribution in [2.75, 3.05) is 12.4 Å². The molecule has 0 aliphatic rings. The van der Waals surface area contributed by atoms with Gasteiger partial charge in [0, 0.05) is 31.1 Å². The topological polar surface area (TPSA) is 89.9 Å². The van der Waals surface area contributed by atoms with Crippen LogP contribution in [0.25, 0.3) is 10.8 Å². The van der Waals surface area contributed by atoms with E-state index in [9.17, 15) is 46.1 Å². The quantitative estimate of drug-likeness (QED) is 0.111. The summed E-state index contributed by atoms with van der Waals surface area (Å²) in [7, 11) is 1.26. The molecule has 0 saturated carbocycles. The number of anilines is 1. The third-order valence-electron chi connectivity index (χ3n) is 6.95. The van der Waals surface area contributed by atoms with Gasteiger partial charge in [-0.15, -0.1) is 0 Å². The van der Waals surface area contributed by atoms with Crippen LogP contribution in [0.1, 0.15) is 39.9 Å². The molecule has 0 bridgehead atoms. The molecular formula is C31H26F6N2O4. The van der Waals surface area contributed by atoms with Crippen molar-refractivity contribution in [2.24, 2.45) is 0 Å². The van der Waals surface area contributed by atoms with Crippen molar-refractivity contribution in [3.63, 3.8) is 0 Å². The van der Waals surface area contributed by atoms with E-state index in [2.05, 4.69) is 5.32 Å². The van der Waals surface area contributed by atoms with Crippen LogP contribution in [-0.2, 0) is 23.6 Å². The van der Waals surface area contributed by atoms with Gasteiger partial charge in [-0.25, -0.2) is 0 Å². The Kier molecular flexibility index (Phi) is 8.88. The highest BCUT2D eigenvalue weighted by Crippen LogP contribution is 2.37. The number of phenols is 2. The highest BCUT2D eigenvalue weighted by atomic mass is 19.4. The number of nitrogens with one attached hydrogen (secondary N) is 1. The fraction of sp³-hybridized carbons (Fsp3) is 0.226. The van der Waals surface area contributed by atoms with E-state index in [-0.39, 0.29) is 36.8 Å². The number of benzene rings is 4. The summed E-state index contributed by atoms with van der Waals surface area (Å²) in [5, 5.41) is 23.7. The van der Waals surface area contributed by atoms with Gasteiger partial charge in [-0.1, -0.05) is 42.5 Å². The number of phenolic OH excluding ortho intramolecular Hbond substituents is 2. The fourth-order valence-electron chi connectivity index (χ4n) is 4.65. The fourth-order valence-corrected chi connectivity index (χ4v) is 4.65. The van der Waals surface area contributed by atoms with Gasteiger partial charge in [0.15, 0.2) is 0 Å². The van der Waals surface area contributed by atoms with Gasteiger partial charge in [-0.05, 0) is 59.5 Å². The number of halogens is 6. The number of alkyl halides is 6. The maximum absolute atomic E-state index is 13.4. The second-order valence-corrected chi connectivity index (χ2v) is 10.0. The monoisotopic (exact) mass is 604 g/mol. The van der Waals surface area contributed by atoms with Crippen molar-refractivity contribution in [3.05, 3.63) is 101 Å². The van der Waals surface area contributed by atoms with E-state index in [4.69, 9.17) is 0 Å². The Labute approximate surface area is 242 Å². The lowest BCUT2D eigenvalue weighted by atomic mass is 9.97. The molecule has 4 aromatic carbocycles. The predicted molar refractivity (Wildman–Crippen MR) is 148 cm³/mol. The average molecular weight is 605 g/mol. The van der Waals surface area contributed by atoms with E-state index in [1.54, 1.807) is 6.07 Å². The molecular weight excluding hydrogens is 578 g/mol. The van der Waals surface area contributed by atoms with Crippen molar-refractivity contribution < 1.29 is 46.1 Å². The van der Waals surface area contributed by atoms with Gasteiger partial charge in [0.05, 0.1) is 16.8 Å². The van der Waals surface area contributed by atoms with E-state index in [0.717, 1.165) is 27.3 Å². The standard InChI is InChI=1S/C31H26F6N2O4/c1-39(29(43)21-14-22(30(32,33)34)16-23(15-21)31(35,36)37)24(13-18-6-7-19-4-2-3-5-20(19)12-18)8-11-28(42)38-26-10-9-25(40)17-27(26)41/h2-7,9-10,12,14-17,24,40-41H,8,11,13H2,1H3,(H,38,42). The minimum atomic E-state index is -5.13. The summed E-state index contributed by atoms with van der Waals surface area (Å²) >= 11 is 0. The summed E-state index contributed by atoms with van der Waals surface area (Å²) in [4.78, 5) is 27.1. The van der Waals surface area contributed by atoms with Gasteiger partial charge in [0.25, 0.3) is 5.91 Å². The molecule has 43 heavy (non-hydrogen) atoms.